The maximum atomic E-state index is 13.5. The molecule has 0 aromatic heterocycles. The minimum absolute atomic E-state index is 0.163. The molecule has 0 radical (unpaired) electrons. The highest BCUT2D eigenvalue weighted by molar-refractivity contribution is 6.35. The number of nitrogens with zero attached hydrogens (tertiary/aromatic N) is 1. The number of likely N-dealkylation sites (N-methyl/N-ethyl adjacent to an activating group) is 1. The standard InChI is InChI=1S/C28H30Cl2N2O4/c1-31-28(34)26(17-20-7-4-3-5-8-20)32(19-21-10-11-22(29)18-25(21)30)27(33)9-6-16-36-24-14-12-23(35-2)13-15-24/h3-5,7-8,10-15,18,26H,6,9,16-17,19H2,1-2H3,(H,31,34)/t26-/m0/s1. The maximum absolute atomic E-state index is 13.5. The molecule has 190 valence electrons. The number of amides is 2. The van der Waals surface area contributed by atoms with Crippen LogP contribution in [0.2, 0.25) is 10.0 Å². The quantitative estimate of drug-likeness (QED) is 0.313. The van der Waals surface area contributed by atoms with Gasteiger partial charge in [-0.05, 0) is 53.9 Å². The van der Waals surface area contributed by atoms with Crippen LogP contribution in [-0.4, -0.2) is 43.5 Å². The van der Waals surface area contributed by atoms with Crippen molar-refractivity contribution in [3.05, 3.63) is 94.0 Å². The molecule has 36 heavy (non-hydrogen) atoms. The molecule has 0 fully saturated rings. The van der Waals surface area contributed by atoms with E-state index in [1.54, 1.807) is 37.3 Å². The van der Waals surface area contributed by atoms with E-state index in [-0.39, 0.29) is 24.8 Å². The zero-order chi connectivity index (χ0) is 25.9. The van der Waals surface area contributed by atoms with Crippen LogP contribution >= 0.6 is 23.2 Å². The van der Waals surface area contributed by atoms with Gasteiger partial charge >= 0.3 is 0 Å². The van der Waals surface area contributed by atoms with Gasteiger partial charge in [-0.25, -0.2) is 0 Å². The highest BCUT2D eigenvalue weighted by Gasteiger charge is 2.30. The van der Waals surface area contributed by atoms with Crippen LogP contribution < -0.4 is 14.8 Å². The molecular formula is C28H30Cl2N2O4. The smallest absolute Gasteiger partial charge is 0.242 e. The average Bonchev–Trinajstić information content (AvgIpc) is 2.90. The fourth-order valence-electron chi connectivity index (χ4n) is 3.78. The van der Waals surface area contributed by atoms with Gasteiger partial charge < -0.3 is 19.7 Å². The first-order valence-corrected chi connectivity index (χ1v) is 12.4. The Kier molecular flexibility index (Phi) is 10.5. The largest absolute Gasteiger partial charge is 0.497 e. The molecule has 3 aromatic carbocycles. The number of benzene rings is 3. The Balaban J connectivity index is 1.75. The van der Waals surface area contributed by atoms with Gasteiger partial charge in [0, 0.05) is 36.5 Å². The number of rotatable bonds is 12. The Morgan fingerprint density at radius 2 is 1.67 bits per heavy atom. The molecule has 3 rings (SSSR count). The number of ether oxygens (including phenoxy) is 2. The molecule has 2 amide bonds. The SMILES string of the molecule is CNC(=O)[C@H](Cc1ccccc1)N(Cc1ccc(Cl)cc1Cl)C(=O)CCCOc1ccc(OC)cc1. The fraction of sp³-hybridized carbons (Fsp3) is 0.286. The molecule has 6 nitrogen and oxygen atoms in total. The van der Waals surface area contributed by atoms with Gasteiger partial charge in [0.05, 0.1) is 13.7 Å². The Hall–Kier alpha value is -3.22. The Labute approximate surface area is 222 Å². The highest BCUT2D eigenvalue weighted by atomic mass is 35.5. The summed E-state index contributed by atoms with van der Waals surface area (Å²) in [6.07, 6.45) is 1.07. The van der Waals surface area contributed by atoms with Crippen molar-refractivity contribution in [1.82, 2.24) is 10.2 Å². The van der Waals surface area contributed by atoms with E-state index >= 15 is 0 Å². The van der Waals surface area contributed by atoms with E-state index in [1.165, 1.54) is 0 Å². The van der Waals surface area contributed by atoms with Crippen molar-refractivity contribution in [2.45, 2.75) is 31.8 Å². The predicted octanol–water partition coefficient (Wildman–Crippen LogP) is 5.55. The molecule has 1 N–H and O–H groups in total. The van der Waals surface area contributed by atoms with Gasteiger partial charge in [0.25, 0.3) is 0 Å². The Morgan fingerprint density at radius 1 is 0.972 bits per heavy atom. The molecule has 0 aliphatic rings. The summed E-state index contributed by atoms with van der Waals surface area (Å²) in [5.41, 5.74) is 1.67. The van der Waals surface area contributed by atoms with Crippen LogP contribution in [0, 0.1) is 0 Å². The number of methoxy groups -OCH3 is 1. The predicted molar refractivity (Wildman–Crippen MR) is 143 cm³/mol. The van der Waals surface area contributed by atoms with E-state index in [4.69, 9.17) is 32.7 Å². The second-order valence-corrected chi connectivity index (χ2v) is 9.05. The Morgan fingerprint density at radius 3 is 2.31 bits per heavy atom. The maximum Gasteiger partial charge on any atom is 0.242 e. The Bertz CT molecular complexity index is 1140. The van der Waals surface area contributed by atoms with Crippen LogP contribution in [0.4, 0.5) is 0 Å². The highest BCUT2D eigenvalue weighted by Crippen LogP contribution is 2.25. The van der Waals surface area contributed by atoms with Crippen LogP contribution in [0.3, 0.4) is 0 Å². The summed E-state index contributed by atoms with van der Waals surface area (Å²) < 4.78 is 10.9. The molecule has 3 aromatic rings. The summed E-state index contributed by atoms with van der Waals surface area (Å²) in [6, 6.07) is 21.3. The lowest BCUT2D eigenvalue weighted by Gasteiger charge is -2.31. The molecule has 0 unspecified atom stereocenters. The van der Waals surface area contributed by atoms with E-state index in [2.05, 4.69) is 5.32 Å². The van der Waals surface area contributed by atoms with Gasteiger partial charge in [-0.3, -0.25) is 9.59 Å². The van der Waals surface area contributed by atoms with E-state index in [0.717, 1.165) is 11.3 Å². The van der Waals surface area contributed by atoms with Crippen molar-refractivity contribution in [2.24, 2.45) is 0 Å². The molecule has 8 heteroatoms. The van der Waals surface area contributed by atoms with Gasteiger partial charge in [-0.2, -0.15) is 0 Å². The number of nitrogens with one attached hydrogen (secondary N) is 1. The number of hydrogen-bond acceptors (Lipinski definition) is 4. The molecular weight excluding hydrogens is 499 g/mol. The lowest BCUT2D eigenvalue weighted by Crippen LogP contribution is -2.49. The molecule has 0 spiro atoms. The zero-order valence-corrected chi connectivity index (χ0v) is 21.9. The van der Waals surface area contributed by atoms with E-state index in [1.807, 2.05) is 54.6 Å². The lowest BCUT2D eigenvalue weighted by molar-refractivity contribution is -0.141. The van der Waals surface area contributed by atoms with Gasteiger partial charge in [0.2, 0.25) is 11.8 Å². The summed E-state index contributed by atoms with van der Waals surface area (Å²) in [4.78, 5) is 28.0. The first-order valence-electron chi connectivity index (χ1n) is 11.7. The monoisotopic (exact) mass is 528 g/mol. The second kappa shape index (κ2) is 13.8. The van der Waals surface area contributed by atoms with Crippen molar-refractivity contribution >= 4 is 35.0 Å². The first kappa shape index (κ1) is 27.4. The topological polar surface area (TPSA) is 67.9 Å². The third-order valence-electron chi connectivity index (χ3n) is 5.74. The summed E-state index contributed by atoms with van der Waals surface area (Å²) in [5, 5.41) is 3.65. The van der Waals surface area contributed by atoms with Gasteiger partial charge in [0.1, 0.15) is 17.5 Å². The summed E-state index contributed by atoms with van der Waals surface area (Å²) in [6.45, 7) is 0.538. The number of halogens is 2. The lowest BCUT2D eigenvalue weighted by atomic mass is 10.0. The second-order valence-electron chi connectivity index (χ2n) is 8.20. The first-order chi connectivity index (χ1) is 17.4. The van der Waals surface area contributed by atoms with E-state index < -0.39 is 6.04 Å². The minimum atomic E-state index is -0.709. The zero-order valence-electron chi connectivity index (χ0n) is 20.4. The molecule has 0 saturated heterocycles. The van der Waals surface area contributed by atoms with Crippen LogP contribution in [0.1, 0.15) is 24.0 Å². The third kappa shape index (κ3) is 7.90. The van der Waals surface area contributed by atoms with Gasteiger partial charge in [0.15, 0.2) is 0 Å². The van der Waals surface area contributed by atoms with Crippen molar-refractivity contribution in [2.75, 3.05) is 20.8 Å². The summed E-state index contributed by atoms with van der Waals surface area (Å²) in [5.74, 6) is 1.03. The number of carbonyl (C=O) groups excluding carboxylic acids is 2. The van der Waals surface area contributed by atoms with Crippen molar-refractivity contribution in [3.63, 3.8) is 0 Å². The molecule has 0 bridgehead atoms. The average molecular weight is 529 g/mol. The van der Waals surface area contributed by atoms with E-state index in [0.29, 0.717) is 40.8 Å². The van der Waals surface area contributed by atoms with Crippen molar-refractivity contribution in [3.8, 4) is 11.5 Å². The molecule has 0 saturated carbocycles. The van der Waals surface area contributed by atoms with Crippen LogP contribution in [0.5, 0.6) is 11.5 Å². The minimum Gasteiger partial charge on any atom is -0.497 e. The third-order valence-corrected chi connectivity index (χ3v) is 6.32. The normalized spacial score (nSPS) is 11.4. The van der Waals surface area contributed by atoms with Crippen LogP contribution in [-0.2, 0) is 22.6 Å². The van der Waals surface area contributed by atoms with Crippen LogP contribution in [0.25, 0.3) is 0 Å². The number of hydrogen-bond donors (Lipinski definition) is 1. The molecule has 0 heterocycles. The van der Waals surface area contributed by atoms with Gasteiger partial charge in [-0.15, -0.1) is 0 Å². The van der Waals surface area contributed by atoms with E-state index in [9.17, 15) is 9.59 Å². The van der Waals surface area contributed by atoms with Crippen molar-refractivity contribution < 1.29 is 19.1 Å². The summed E-state index contributed by atoms with van der Waals surface area (Å²) >= 11 is 12.5. The molecule has 0 aliphatic carbocycles. The fourth-order valence-corrected chi connectivity index (χ4v) is 4.25. The van der Waals surface area contributed by atoms with Gasteiger partial charge in [-0.1, -0.05) is 59.6 Å². The molecule has 0 aliphatic heterocycles. The molecule has 1 atom stereocenters. The number of carbonyl (C=O) groups is 2. The summed E-state index contributed by atoms with van der Waals surface area (Å²) in [7, 11) is 3.18. The van der Waals surface area contributed by atoms with Crippen molar-refractivity contribution in [1.29, 1.82) is 0 Å². The van der Waals surface area contributed by atoms with Crippen LogP contribution in [0.15, 0.2) is 72.8 Å².